The quantitative estimate of drug-likeness (QED) is 0.650. The molecule has 4 nitrogen and oxygen atoms in total. The van der Waals surface area contributed by atoms with E-state index < -0.39 is 15.6 Å². The molecule has 0 aliphatic carbocycles. The van der Waals surface area contributed by atoms with Crippen molar-refractivity contribution in [1.29, 1.82) is 0 Å². The summed E-state index contributed by atoms with van der Waals surface area (Å²) < 4.78 is 28.4. The van der Waals surface area contributed by atoms with Crippen LogP contribution in [0.4, 0.5) is 0 Å². The second-order valence-electron chi connectivity index (χ2n) is 6.82. The van der Waals surface area contributed by atoms with Gasteiger partial charge in [0.1, 0.15) is 0 Å². The van der Waals surface area contributed by atoms with Crippen LogP contribution in [0.1, 0.15) is 24.2 Å². The number of benzene rings is 3. The molecule has 1 N–H and O–H groups in total. The first-order valence-electron chi connectivity index (χ1n) is 8.59. The first-order chi connectivity index (χ1) is 12.8. The lowest BCUT2D eigenvalue weighted by Gasteiger charge is -2.24. The van der Waals surface area contributed by atoms with Crippen LogP contribution >= 0.6 is 0 Å². The SMILES string of the molecule is CC(C)(NS(=O)(=O)c1cccc(-c2ccccc2)c1)C(=O)c1ccccc1. The Morgan fingerprint density at radius 2 is 1.33 bits per heavy atom. The minimum atomic E-state index is -3.87. The number of ketones is 1. The van der Waals surface area contributed by atoms with Gasteiger partial charge in [-0.2, -0.15) is 4.72 Å². The normalized spacial score (nSPS) is 11.9. The number of hydrogen-bond donors (Lipinski definition) is 1. The third kappa shape index (κ3) is 4.32. The molecule has 3 rings (SSSR count). The van der Waals surface area contributed by atoms with Gasteiger partial charge in [0.15, 0.2) is 5.78 Å². The zero-order valence-electron chi connectivity index (χ0n) is 15.2. The Kier molecular flexibility index (Phi) is 5.26. The van der Waals surface area contributed by atoms with Crippen LogP contribution in [0.5, 0.6) is 0 Å². The third-order valence-corrected chi connectivity index (χ3v) is 5.90. The van der Waals surface area contributed by atoms with E-state index in [-0.39, 0.29) is 10.7 Å². The fourth-order valence-corrected chi connectivity index (χ4v) is 4.29. The van der Waals surface area contributed by atoms with E-state index in [1.54, 1.807) is 50.2 Å². The molecule has 0 unspecified atom stereocenters. The van der Waals surface area contributed by atoms with Crippen LogP contribution in [-0.4, -0.2) is 19.7 Å². The molecule has 5 heteroatoms. The van der Waals surface area contributed by atoms with Crippen LogP contribution in [0.15, 0.2) is 89.8 Å². The number of rotatable bonds is 6. The number of sulfonamides is 1. The van der Waals surface area contributed by atoms with Gasteiger partial charge in [0.05, 0.1) is 10.4 Å². The first-order valence-corrected chi connectivity index (χ1v) is 10.1. The molecular weight excluding hydrogens is 358 g/mol. The van der Waals surface area contributed by atoms with E-state index in [0.717, 1.165) is 11.1 Å². The molecule has 0 saturated carbocycles. The van der Waals surface area contributed by atoms with E-state index in [2.05, 4.69) is 4.72 Å². The van der Waals surface area contributed by atoms with E-state index in [0.29, 0.717) is 5.56 Å². The summed E-state index contributed by atoms with van der Waals surface area (Å²) >= 11 is 0. The summed E-state index contributed by atoms with van der Waals surface area (Å²) in [5.74, 6) is -0.286. The molecule has 0 radical (unpaired) electrons. The van der Waals surface area contributed by atoms with E-state index in [1.165, 1.54) is 6.07 Å². The molecule has 0 amide bonds. The molecular formula is C22H21NO3S. The summed E-state index contributed by atoms with van der Waals surface area (Å²) in [6.45, 7) is 3.14. The Bertz CT molecular complexity index is 1040. The molecule has 0 fully saturated rings. The third-order valence-electron chi connectivity index (χ3n) is 4.24. The second-order valence-corrected chi connectivity index (χ2v) is 8.50. The maximum absolute atomic E-state index is 12.9. The van der Waals surface area contributed by atoms with Gasteiger partial charge in [-0.25, -0.2) is 8.42 Å². The lowest BCUT2D eigenvalue weighted by atomic mass is 9.94. The van der Waals surface area contributed by atoms with Gasteiger partial charge in [0, 0.05) is 5.56 Å². The summed E-state index contributed by atoms with van der Waals surface area (Å²) in [5.41, 5.74) is 0.909. The molecule has 0 saturated heterocycles. The summed E-state index contributed by atoms with van der Waals surface area (Å²) in [6, 6.07) is 24.9. The van der Waals surface area contributed by atoms with Gasteiger partial charge in [0.2, 0.25) is 10.0 Å². The minimum Gasteiger partial charge on any atom is -0.292 e. The zero-order chi connectivity index (χ0) is 19.5. The number of nitrogens with one attached hydrogen (secondary N) is 1. The predicted octanol–water partition coefficient (Wildman–Crippen LogP) is 4.29. The molecule has 3 aromatic rings. The highest BCUT2D eigenvalue weighted by molar-refractivity contribution is 7.89. The Labute approximate surface area is 159 Å². The van der Waals surface area contributed by atoms with Crippen molar-refractivity contribution in [2.45, 2.75) is 24.3 Å². The van der Waals surface area contributed by atoms with Gasteiger partial charge in [-0.15, -0.1) is 0 Å². The summed E-state index contributed by atoms with van der Waals surface area (Å²) in [5, 5.41) is 0. The van der Waals surface area contributed by atoms with Crippen molar-refractivity contribution in [3.8, 4) is 11.1 Å². The Hall–Kier alpha value is -2.76. The average molecular weight is 379 g/mol. The molecule has 3 aromatic carbocycles. The van der Waals surface area contributed by atoms with Gasteiger partial charge >= 0.3 is 0 Å². The number of carbonyl (C=O) groups excluding carboxylic acids is 1. The van der Waals surface area contributed by atoms with Gasteiger partial charge in [-0.1, -0.05) is 72.8 Å². The highest BCUT2D eigenvalue weighted by atomic mass is 32.2. The Morgan fingerprint density at radius 1 is 0.778 bits per heavy atom. The molecule has 0 heterocycles. The zero-order valence-corrected chi connectivity index (χ0v) is 16.0. The molecule has 0 spiro atoms. The fourth-order valence-electron chi connectivity index (χ4n) is 2.86. The van der Waals surface area contributed by atoms with Crippen molar-refractivity contribution >= 4 is 15.8 Å². The monoisotopic (exact) mass is 379 g/mol. The average Bonchev–Trinajstić information content (AvgIpc) is 2.68. The first kappa shape index (κ1) is 19.0. The van der Waals surface area contributed by atoms with Crippen molar-refractivity contribution < 1.29 is 13.2 Å². The smallest absolute Gasteiger partial charge is 0.241 e. The minimum absolute atomic E-state index is 0.123. The van der Waals surface area contributed by atoms with Gasteiger partial charge in [-0.05, 0) is 37.1 Å². The van der Waals surface area contributed by atoms with Crippen LogP contribution in [0.3, 0.4) is 0 Å². The van der Waals surface area contributed by atoms with Crippen LogP contribution in [0, 0.1) is 0 Å². The standard InChI is InChI=1S/C22H21NO3S/c1-22(2,21(24)18-12-7-4-8-13-18)23-27(25,26)20-15-9-14-19(16-20)17-10-5-3-6-11-17/h3-16,23H,1-2H3. The second kappa shape index (κ2) is 7.47. The van der Waals surface area contributed by atoms with Crippen molar-refractivity contribution in [1.82, 2.24) is 4.72 Å². The molecule has 0 aromatic heterocycles. The van der Waals surface area contributed by atoms with Crippen molar-refractivity contribution in [2.24, 2.45) is 0 Å². The molecule has 0 bridgehead atoms. The highest BCUT2D eigenvalue weighted by Gasteiger charge is 2.33. The molecule has 138 valence electrons. The maximum Gasteiger partial charge on any atom is 0.241 e. The number of Topliss-reactive ketones (excluding diaryl/α,β-unsaturated/α-hetero) is 1. The molecule has 0 atom stereocenters. The van der Waals surface area contributed by atoms with Gasteiger partial charge in [-0.3, -0.25) is 4.79 Å². The Morgan fingerprint density at radius 3 is 1.96 bits per heavy atom. The summed E-state index contributed by atoms with van der Waals surface area (Å²) in [6.07, 6.45) is 0. The summed E-state index contributed by atoms with van der Waals surface area (Å²) in [7, 11) is -3.87. The van der Waals surface area contributed by atoms with Crippen LogP contribution in [-0.2, 0) is 10.0 Å². The van der Waals surface area contributed by atoms with Crippen molar-refractivity contribution in [2.75, 3.05) is 0 Å². The van der Waals surface area contributed by atoms with Crippen LogP contribution in [0.25, 0.3) is 11.1 Å². The number of hydrogen-bond acceptors (Lipinski definition) is 3. The van der Waals surface area contributed by atoms with Gasteiger partial charge in [0.25, 0.3) is 0 Å². The van der Waals surface area contributed by atoms with Gasteiger partial charge < -0.3 is 0 Å². The lowest BCUT2D eigenvalue weighted by Crippen LogP contribution is -2.49. The lowest BCUT2D eigenvalue weighted by molar-refractivity contribution is 0.0901. The van der Waals surface area contributed by atoms with E-state index in [1.807, 2.05) is 42.5 Å². The summed E-state index contributed by atoms with van der Waals surface area (Å²) in [4.78, 5) is 12.9. The predicted molar refractivity (Wildman–Crippen MR) is 107 cm³/mol. The van der Waals surface area contributed by atoms with Crippen LogP contribution < -0.4 is 4.72 Å². The van der Waals surface area contributed by atoms with E-state index in [9.17, 15) is 13.2 Å². The molecule has 0 aliphatic rings. The Balaban J connectivity index is 1.90. The maximum atomic E-state index is 12.9. The van der Waals surface area contributed by atoms with Crippen molar-refractivity contribution in [3.63, 3.8) is 0 Å². The number of carbonyl (C=O) groups is 1. The van der Waals surface area contributed by atoms with Crippen molar-refractivity contribution in [3.05, 3.63) is 90.5 Å². The van der Waals surface area contributed by atoms with Crippen LogP contribution in [0.2, 0.25) is 0 Å². The fraction of sp³-hybridized carbons (Fsp3) is 0.136. The largest absolute Gasteiger partial charge is 0.292 e. The molecule has 0 aliphatic heterocycles. The molecule has 27 heavy (non-hydrogen) atoms. The van der Waals surface area contributed by atoms with E-state index in [4.69, 9.17) is 0 Å². The highest BCUT2D eigenvalue weighted by Crippen LogP contribution is 2.23. The van der Waals surface area contributed by atoms with E-state index >= 15 is 0 Å². The topological polar surface area (TPSA) is 63.2 Å².